The number of amides is 1. The fourth-order valence-electron chi connectivity index (χ4n) is 2.39. The molecule has 0 aliphatic heterocycles. The van der Waals surface area contributed by atoms with Crippen molar-refractivity contribution in [1.29, 1.82) is 0 Å². The lowest BCUT2D eigenvalue weighted by atomic mass is 10.1. The molecule has 7 nitrogen and oxygen atoms in total. The van der Waals surface area contributed by atoms with Gasteiger partial charge in [0.05, 0.1) is 12.3 Å². The van der Waals surface area contributed by atoms with Gasteiger partial charge in [-0.1, -0.05) is 46.5 Å². The molecule has 0 spiro atoms. The van der Waals surface area contributed by atoms with Gasteiger partial charge in [0.25, 0.3) is 5.91 Å². The molecule has 0 aliphatic carbocycles. The lowest BCUT2D eigenvalue weighted by Crippen LogP contribution is -2.23. The summed E-state index contributed by atoms with van der Waals surface area (Å²) in [5.41, 5.74) is 1.95. The second-order valence-electron chi connectivity index (χ2n) is 5.90. The molecule has 0 saturated heterocycles. The highest BCUT2D eigenvalue weighted by Gasteiger charge is 2.23. The first-order valence-electron chi connectivity index (χ1n) is 7.98. The van der Waals surface area contributed by atoms with Crippen LogP contribution in [0.1, 0.15) is 27.4 Å². The summed E-state index contributed by atoms with van der Waals surface area (Å²) in [6.07, 6.45) is 0. The quantitative estimate of drug-likeness (QED) is 0.676. The van der Waals surface area contributed by atoms with E-state index < -0.39 is 15.1 Å². The van der Waals surface area contributed by atoms with Crippen molar-refractivity contribution in [2.45, 2.75) is 24.4 Å². The predicted molar refractivity (Wildman–Crippen MR) is 99.0 cm³/mol. The van der Waals surface area contributed by atoms with Crippen molar-refractivity contribution in [2.24, 2.45) is 0 Å². The number of sulfone groups is 1. The second kappa shape index (κ2) is 7.89. The van der Waals surface area contributed by atoms with Gasteiger partial charge in [-0.25, -0.2) is 8.42 Å². The number of benzene rings is 2. The van der Waals surface area contributed by atoms with Crippen LogP contribution in [0.4, 0.5) is 0 Å². The smallest absolute Gasteiger partial charge is 0.335 e. The highest BCUT2D eigenvalue weighted by Crippen LogP contribution is 2.18. The van der Waals surface area contributed by atoms with Gasteiger partial charge in [-0.15, -0.1) is 5.10 Å². The number of carbonyl (C=O) groups is 1. The van der Waals surface area contributed by atoms with Crippen molar-refractivity contribution in [3.63, 3.8) is 0 Å². The Morgan fingerprint density at radius 1 is 1.15 bits per heavy atom. The van der Waals surface area contributed by atoms with E-state index in [1.807, 2.05) is 13.0 Å². The first kappa shape index (κ1) is 19.1. The minimum Gasteiger partial charge on any atom is -0.411 e. The van der Waals surface area contributed by atoms with Gasteiger partial charge < -0.3 is 9.73 Å². The minimum absolute atomic E-state index is 0.000622. The molecule has 0 saturated carbocycles. The minimum atomic E-state index is -3.82. The molecule has 0 atom stereocenters. The van der Waals surface area contributed by atoms with Crippen molar-refractivity contribution in [2.75, 3.05) is 0 Å². The van der Waals surface area contributed by atoms with Gasteiger partial charge in [0.1, 0.15) is 0 Å². The second-order valence-corrected chi connectivity index (χ2v) is 8.21. The molecule has 27 heavy (non-hydrogen) atoms. The van der Waals surface area contributed by atoms with Gasteiger partial charge in [-0.3, -0.25) is 4.79 Å². The molecule has 0 unspecified atom stereocenters. The molecule has 1 aromatic heterocycles. The van der Waals surface area contributed by atoms with Crippen LogP contribution in [-0.2, 0) is 22.1 Å². The van der Waals surface area contributed by atoms with E-state index in [9.17, 15) is 13.2 Å². The average molecular weight is 406 g/mol. The number of halogens is 1. The number of carbonyl (C=O) groups excluding carboxylic acids is 1. The molecular weight excluding hydrogens is 390 g/mol. The molecule has 0 aliphatic rings. The van der Waals surface area contributed by atoms with Gasteiger partial charge in [-0.05, 0) is 36.8 Å². The molecule has 0 bridgehead atoms. The molecule has 1 heterocycles. The molecule has 3 rings (SSSR count). The molecule has 1 N–H and O–H groups in total. The highest BCUT2D eigenvalue weighted by atomic mass is 35.5. The summed E-state index contributed by atoms with van der Waals surface area (Å²) in [7, 11) is -3.82. The van der Waals surface area contributed by atoms with E-state index in [-0.39, 0.29) is 24.1 Å². The lowest BCUT2D eigenvalue weighted by Gasteiger charge is -2.03. The van der Waals surface area contributed by atoms with Crippen molar-refractivity contribution < 1.29 is 17.6 Å². The zero-order valence-electron chi connectivity index (χ0n) is 14.3. The van der Waals surface area contributed by atoms with Crippen molar-refractivity contribution in [3.05, 3.63) is 76.1 Å². The Balaban J connectivity index is 1.66. The van der Waals surface area contributed by atoms with Gasteiger partial charge in [0.15, 0.2) is 0 Å². The number of rotatable bonds is 6. The summed E-state index contributed by atoms with van der Waals surface area (Å²) in [6.45, 7) is 1.80. The van der Waals surface area contributed by atoms with Crippen molar-refractivity contribution in [1.82, 2.24) is 15.5 Å². The number of hydrogen-bond donors (Lipinski definition) is 1. The third-order valence-corrected chi connectivity index (χ3v) is 5.29. The largest absolute Gasteiger partial charge is 0.411 e. The summed E-state index contributed by atoms with van der Waals surface area (Å²) in [6, 6.07) is 13.6. The summed E-state index contributed by atoms with van der Waals surface area (Å²) >= 11 is 5.87. The molecule has 2 aromatic carbocycles. The van der Waals surface area contributed by atoms with Crippen LogP contribution in [0.25, 0.3) is 0 Å². The van der Waals surface area contributed by atoms with Crippen LogP contribution >= 0.6 is 11.6 Å². The Morgan fingerprint density at radius 3 is 2.67 bits per heavy atom. The zero-order valence-corrected chi connectivity index (χ0v) is 15.9. The van der Waals surface area contributed by atoms with Crippen molar-refractivity contribution in [3.8, 4) is 0 Å². The number of aromatic nitrogens is 2. The van der Waals surface area contributed by atoms with E-state index >= 15 is 0 Å². The number of aryl methyl sites for hydroxylation is 1. The summed E-state index contributed by atoms with van der Waals surface area (Å²) in [5, 5.41) is 9.83. The Morgan fingerprint density at radius 2 is 1.93 bits per heavy atom. The zero-order chi connectivity index (χ0) is 19.4. The molecular formula is C18H16ClN3O4S. The standard InChI is InChI=1S/C18H16ClN3O4S/c1-12-4-2-6-14(8-12)17(23)20-10-16-21-22-18(26-16)27(24,25)11-13-5-3-7-15(19)9-13/h2-9H,10-11H2,1H3,(H,20,23). The van der Waals surface area contributed by atoms with Crippen LogP contribution in [0.5, 0.6) is 0 Å². The monoisotopic (exact) mass is 405 g/mol. The van der Waals surface area contributed by atoms with E-state index in [4.69, 9.17) is 16.0 Å². The molecule has 1 amide bonds. The van der Waals surface area contributed by atoms with Gasteiger partial charge >= 0.3 is 5.22 Å². The summed E-state index contributed by atoms with van der Waals surface area (Å²) < 4.78 is 30.0. The van der Waals surface area contributed by atoms with Crippen LogP contribution < -0.4 is 5.32 Å². The molecule has 3 aromatic rings. The predicted octanol–water partition coefficient (Wildman–Crippen LogP) is 2.94. The Bertz CT molecular complexity index is 1080. The van der Waals surface area contributed by atoms with E-state index in [1.54, 1.807) is 42.5 Å². The lowest BCUT2D eigenvalue weighted by molar-refractivity contribution is 0.0946. The van der Waals surface area contributed by atoms with Gasteiger partial charge in [0, 0.05) is 10.6 Å². The fourth-order valence-corrected chi connectivity index (χ4v) is 3.73. The Hall–Kier alpha value is -2.71. The Kier molecular flexibility index (Phi) is 5.57. The maximum absolute atomic E-state index is 12.4. The van der Waals surface area contributed by atoms with Crippen LogP contribution in [0.2, 0.25) is 5.02 Å². The van der Waals surface area contributed by atoms with Gasteiger partial charge in [0.2, 0.25) is 15.7 Å². The molecule has 0 radical (unpaired) electrons. The van der Waals surface area contributed by atoms with E-state index in [0.717, 1.165) is 5.56 Å². The maximum atomic E-state index is 12.4. The third-order valence-electron chi connectivity index (χ3n) is 3.64. The fraction of sp³-hybridized carbons (Fsp3) is 0.167. The van der Waals surface area contributed by atoms with Crippen LogP contribution in [0.3, 0.4) is 0 Å². The molecule has 0 fully saturated rings. The van der Waals surface area contributed by atoms with Crippen molar-refractivity contribution >= 4 is 27.3 Å². The summed E-state index contributed by atoms with van der Waals surface area (Å²) in [5.74, 6) is -0.633. The highest BCUT2D eigenvalue weighted by molar-refractivity contribution is 7.90. The first-order valence-corrected chi connectivity index (χ1v) is 10.0. The van der Waals surface area contributed by atoms with E-state index in [1.165, 1.54) is 0 Å². The number of hydrogen-bond acceptors (Lipinski definition) is 6. The van der Waals surface area contributed by atoms with Crippen LogP contribution in [0.15, 0.2) is 58.2 Å². The van der Waals surface area contributed by atoms with E-state index in [0.29, 0.717) is 16.1 Å². The summed E-state index contributed by atoms with van der Waals surface area (Å²) in [4.78, 5) is 12.1. The third kappa shape index (κ3) is 4.93. The maximum Gasteiger partial charge on any atom is 0.335 e. The number of nitrogens with zero attached hydrogens (tertiary/aromatic N) is 2. The SMILES string of the molecule is Cc1cccc(C(=O)NCc2nnc(S(=O)(=O)Cc3cccc(Cl)c3)o2)c1. The van der Waals surface area contributed by atoms with Crippen LogP contribution in [0, 0.1) is 6.92 Å². The topological polar surface area (TPSA) is 102 Å². The molecule has 140 valence electrons. The van der Waals surface area contributed by atoms with Crippen LogP contribution in [-0.4, -0.2) is 24.5 Å². The number of nitrogens with one attached hydrogen (secondary N) is 1. The average Bonchev–Trinajstić information content (AvgIpc) is 3.09. The van der Waals surface area contributed by atoms with Gasteiger partial charge in [-0.2, -0.15) is 0 Å². The Labute approximate surface area is 161 Å². The molecule has 9 heteroatoms. The van der Waals surface area contributed by atoms with E-state index in [2.05, 4.69) is 15.5 Å². The first-order chi connectivity index (χ1) is 12.8. The normalized spacial score (nSPS) is 11.3.